The van der Waals surface area contributed by atoms with E-state index in [1.807, 2.05) is 48.5 Å². The number of piperazine rings is 1. The minimum Gasteiger partial charge on any atom is -0.494 e. The van der Waals surface area contributed by atoms with Crippen molar-refractivity contribution in [2.24, 2.45) is 0 Å². The Kier molecular flexibility index (Phi) is 14.9. The number of halogens is 1. The summed E-state index contributed by atoms with van der Waals surface area (Å²) in [6.07, 6.45) is 10.3. The quantitative estimate of drug-likeness (QED) is 0.0448. The summed E-state index contributed by atoms with van der Waals surface area (Å²) in [6, 6.07) is 19.4. The average Bonchev–Trinajstić information content (AvgIpc) is 3.64. The summed E-state index contributed by atoms with van der Waals surface area (Å²) in [5.41, 5.74) is 5.10. The second-order valence-corrected chi connectivity index (χ2v) is 21.5. The Bertz CT molecular complexity index is 2400. The number of ether oxygens (including phenoxy) is 1. The van der Waals surface area contributed by atoms with E-state index in [0.29, 0.717) is 52.8 Å². The molecule has 1 atom stereocenters. The van der Waals surface area contributed by atoms with Crippen LogP contribution in [0.1, 0.15) is 73.7 Å². The number of fused-ring (bicyclic) bond motifs is 1. The molecule has 17 heteroatoms. The molecule has 15 nitrogen and oxygen atoms in total. The molecule has 4 aliphatic rings. The molecule has 0 spiro atoms. The number of anilines is 6. The lowest BCUT2D eigenvalue weighted by molar-refractivity contribution is -0.136. The standard InChI is InChI=1S/C48H62ClN10O5P/c1-64-42-30-34(16-17-39(42)53-48-51-31-37(49)45(55-48)52-40-13-7-8-15-43(40)65(2,3)63)57-24-20-33(21-25-57)58-28-26-56(27-29-58)23-10-6-4-5-9-22-50-38-14-11-12-35-36(38)32-59(47(35)62)41-18-19-44(60)54-46(41)61/h7-8,11-17,30-31,33,41,50H,4-6,9-10,18-29,32H2,1-3H3,(H,54,60,61)(H2,51,52,53,55). The van der Waals surface area contributed by atoms with Gasteiger partial charge in [-0.2, -0.15) is 4.98 Å². The zero-order valence-electron chi connectivity index (χ0n) is 37.8. The Balaban J connectivity index is 0.717. The smallest absolute Gasteiger partial charge is 0.255 e. The molecule has 4 N–H and O–H groups in total. The number of unbranched alkanes of at least 4 members (excludes halogenated alkanes) is 4. The molecule has 8 rings (SSSR count). The number of carbonyl (C=O) groups excluding carboxylic acids is 3. The van der Waals surface area contributed by atoms with E-state index in [2.05, 4.69) is 58.1 Å². The first kappa shape index (κ1) is 46.3. The van der Waals surface area contributed by atoms with Crippen LogP contribution in [0.5, 0.6) is 5.75 Å². The number of carbonyl (C=O) groups is 3. The molecule has 3 fully saturated rings. The van der Waals surface area contributed by atoms with Gasteiger partial charge in [0.05, 0.1) is 24.7 Å². The summed E-state index contributed by atoms with van der Waals surface area (Å²) in [4.78, 5) is 55.7. The third-order valence-electron chi connectivity index (χ3n) is 13.2. The SMILES string of the molecule is COc1cc(N2CCC(N3CCN(CCCCCCCNc4cccc5c4CN(C4CCC(=O)NC4=O)C5=O)CC3)CC2)ccc1Nc1ncc(Cl)c(Nc2ccccc2P(C)(C)=O)n1. The fraction of sp³-hybridized carbons (Fsp3) is 0.479. The molecular formula is C48H62ClN10O5P. The maximum atomic E-state index is 13.1. The molecule has 65 heavy (non-hydrogen) atoms. The first-order chi connectivity index (χ1) is 31.4. The maximum absolute atomic E-state index is 13.1. The van der Waals surface area contributed by atoms with Gasteiger partial charge >= 0.3 is 0 Å². The third-order valence-corrected chi connectivity index (χ3v) is 15.0. The van der Waals surface area contributed by atoms with Crippen LogP contribution >= 0.6 is 18.7 Å². The van der Waals surface area contributed by atoms with Gasteiger partial charge in [-0.1, -0.05) is 49.1 Å². The van der Waals surface area contributed by atoms with Crippen LogP contribution in [0.15, 0.2) is 66.9 Å². The van der Waals surface area contributed by atoms with Crippen molar-refractivity contribution < 1.29 is 23.7 Å². The van der Waals surface area contributed by atoms with Crippen molar-refractivity contribution in [2.45, 2.75) is 76.4 Å². The first-order valence-corrected chi connectivity index (χ1v) is 26.0. The number of hydrogen-bond donors (Lipinski definition) is 4. The molecule has 0 bridgehead atoms. The normalized spacial score (nSPS) is 18.7. The number of piperidine rings is 2. The third kappa shape index (κ3) is 11.3. The van der Waals surface area contributed by atoms with Gasteiger partial charge in [-0.05, 0) is 88.4 Å². The molecule has 346 valence electrons. The molecule has 5 heterocycles. The van der Waals surface area contributed by atoms with E-state index in [0.717, 1.165) is 106 Å². The minimum absolute atomic E-state index is 0.139. The molecule has 0 saturated carbocycles. The van der Waals surface area contributed by atoms with E-state index in [1.54, 1.807) is 31.5 Å². The van der Waals surface area contributed by atoms with Gasteiger partial charge in [0.1, 0.15) is 24.0 Å². The predicted octanol–water partition coefficient (Wildman–Crippen LogP) is 7.28. The van der Waals surface area contributed by atoms with Crippen LogP contribution in [0.25, 0.3) is 0 Å². The fourth-order valence-electron chi connectivity index (χ4n) is 9.60. The van der Waals surface area contributed by atoms with E-state index in [1.165, 1.54) is 19.3 Å². The summed E-state index contributed by atoms with van der Waals surface area (Å²) in [5.74, 6) is 0.671. The van der Waals surface area contributed by atoms with Crippen molar-refractivity contribution in [1.82, 2.24) is 30.0 Å². The molecule has 4 aliphatic heterocycles. The fourth-order valence-corrected chi connectivity index (χ4v) is 10.9. The lowest BCUT2D eigenvalue weighted by Crippen LogP contribution is -2.53. The van der Waals surface area contributed by atoms with Gasteiger partial charge in [-0.15, -0.1) is 0 Å². The number of aromatic nitrogens is 2. The van der Waals surface area contributed by atoms with E-state index < -0.39 is 13.2 Å². The lowest BCUT2D eigenvalue weighted by Gasteiger charge is -2.43. The molecular weight excluding hydrogens is 863 g/mol. The number of nitrogens with zero attached hydrogens (tertiary/aromatic N) is 6. The van der Waals surface area contributed by atoms with Gasteiger partial charge in [0.15, 0.2) is 5.82 Å². The van der Waals surface area contributed by atoms with Crippen LogP contribution in [-0.4, -0.2) is 127 Å². The largest absolute Gasteiger partial charge is 0.494 e. The summed E-state index contributed by atoms with van der Waals surface area (Å²) in [5, 5.41) is 13.6. The predicted molar refractivity (Wildman–Crippen MR) is 259 cm³/mol. The van der Waals surface area contributed by atoms with Gasteiger partial charge in [-0.25, -0.2) is 4.98 Å². The Morgan fingerprint density at radius 1 is 0.846 bits per heavy atom. The van der Waals surface area contributed by atoms with Crippen molar-refractivity contribution in [3.8, 4) is 5.75 Å². The average molecular weight is 926 g/mol. The minimum atomic E-state index is -2.54. The van der Waals surface area contributed by atoms with E-state index in [-0.39, 0.29) is 24.1 Å². The van der Waals surface area contributed by atoms with Gasteiger partial charge in [-0.3, -0.25) is 24.6 Å². The van der Waals surface area contributed by atoms with Gasteiger partial charge in [0.25, 0.3) is 5.91 Å². The molecule has 1 aromatic heterocycles. The van der Waals surface area contributed by atoms with Crippen LogP contribution in [0.3, 0.4) is 0 Å². The van der Waals surface area contributed by atoms with Gasteiger partial charge < -0.3 is 40.0 Å². The zero-order valence-corrected chi connectivity index (χ0v) is 39.4. The van der Waals surface area contributed by atoms with Crippen LogP contribution in [0.2, 0.25) is 5.02 Å². The molecule has 1 unspecified atom stereocenters. The van der Waals surface area contributed by atoms with Crippen molar-refractivity contribution in [3.05, 3.63) is 83.0 Å². The zero-order chi connectivity index (χ0) is 45.5. The number of hydrogen-bond acceptors (Lipinski definition) is 13. The van der Waals surface area contributed by atoms with E-state index in [4.69, 9.17) is 16.3 Å². The number of rotatable bonds is 18. The summed E-state index contributed by atoms with van der Waals surface area (Å²) in [6.45, 7) is 12.3. The summed E-state index contributed by atoms with van der Waals surface area (Å²) >= 11 is 6.49. The topological polar surface area (TPSA) is 164 Å². The van der Waals surface area contributed by atoms with Crippen molar-refractivity contribution in [2.75, 3.05) is 93.6 Å². The number of nitrogens with one attached hydrogen (secondary N) is 4. The second-order valence-electron chi connectivity index (χ2n) is 17.9. The highest BCUT2D eigenvalue weighted by atomic mass is 35.5. The highest BCUT2D eigenvalue weighted by molar-refractivity contribution is 7.70. The maximum Gasteiger partial charge on any atom is 0.255 e. The summed E-state index contributed by atoms with van der Waals surface area (Å²) < 4.78 is 18.8. The van der Waals surface area contributed by atoms with Gasteiger partial charge in [0.2, 0.25) is 17.8 Å². The first-order valence-electron chi connectivity index (χ1n) is 23.1. The van der Waals surface area contributed by atoms with Crippen LogP contribution in [0, 0.1) is 0 Å². The lowest BCUT2D eigenvalue weighted by atomic mass is 10.0. The highest BCUT2D eigenvalue weighted by Crippen LogP contribution is 2.39. The molecule has 4 aromatic rings. The molecule has 0 aliphatic carbocycles. The van der Waals surface area contributed by atoms with Crippen LogP contribution in [-0.2, 0) is 20.7 Å². The number of para-hydroxylation sites is 1. The van der Waals surface area contributed by atoms with Crippen molar-refractivity contribution in [3.63, 3.8) is 0 Å². The van der Waals surface area contributed by atoms with Crippen molar-refractivity contribution in [1.29, 1.82) is 0 Å². The van der Waals surface area contributed by atoms with E-state index >= 15 is 0 Å². The Morgan fingerprint density at radius 3 is 2.37 bits per heavy atom. The Morgan fingerprint density at radius 2 is 1.60 bits per heavy atom. The molecule has 0 radical (unpaired) electrons. The van der Waals surface area contributed by atoms with Crippen molar-refractivity contribution >= 4 is 76.3 Å². The highest BCUT2D eigenvalue weighted by Gasteiger charge is 2.40. The summed E-state index contributed by atoms with van der Waals surface area (Å²) in [7, 11) is -0.872. The Hall–Kier alpha value is -5.21. The number of benzene rings is 3. The molecule has 3 amide bonds. The second kappa shape index (κ2) is 21.0. The van der Waals surface area contributed by atoms with Gasteiger partial charge in [0, 0.05) is 98.7 Å². The van der Waals surface area contributed by atoms with Crippen LogP contribution in [0.4, 0.5) is 34.5 Å². The molecule has 3 saturated heterocycles. The number of methoxy groups -OCH3 is 1. The van der Waals surface area contributed by atoms with E-state index in [9.17, 15) is 18.9 Å². The Labute approximate surface area is 387 Å². The van der Waals surface area contributed by atoms with Crippen LogP contribution < -0.4 is 36.2 Å². The number of imide groups is 1. The molecule has 3 aromatic carbocycles. The number of amides is 3. The monoisotopic (exact) mass is 924 g/mol.